The summed E-state index contributed by atoms with van der Waals surface area (Å²) in [7, 11) is -3.36. The molecule has 1 atom stereocenters. The van der Waals surface area contributed by atoms with Crippen LogP contribution in [0, 0.1) is 0 Å². The first-order valence-electron chi connectivity index (χ1n) is 12.1. The molecular formula is C24H32N6O5S2. The third-order valence-electron chi connectivity index (χ3n) is 6.27. The molecule has 0 unspecified atom stereocenters. The topological polar surface area (TPSA) is 125 Å². The number of aromatic nitrogens is 1. The quantitative estimate of drug-likeness (QED) is 0.513. The summed E-state index contributed by atoms with van der Waals surface area (Å²) < 4.78 is 29.1. The van der Waals surface area contributed by atoms with Crippen LogP contribution in [-0.2, 0) is 30.7 Å². The molecule has 11 nitrogen and oxygen atoms in total. The van der Waals surface area contributed by atoms with E-state index >= 15 is 0 Å². The fourth-order valence-electron chi connectivity index (χ4n) is 4.35. The van der Waals surface area contributed by atoms with E-state index in [1.807, 2.05) is 11.8 Å². The summed E-state index contributed by atoms with van der Waals surface area (Å²) in [6.45, 7) is 8.71. The van der Waals surface area contributed by atoms with E-state index in [1.165, 1.54) is 23.5 Å². The molecular weight excluding hydrogens is 516 g/mol. The second-order valence-electron chi connectivity index (χ2n) is 9.19. The third-order valence-corrected chi connectivity index (χ3v) is 8.30. The van der Waals surface area contributed by atoms with Crippen molar-refractivity contribution in [3.05, 3.63) is 40.9 Å². The molecule has 13 heteroatoms. The van der Waals surface area contributed by atoms with Gasteiger partial charge in [-0.15, -0.1) is 11.3 Å². The number of morpholine rings is 1. The maximum Gasteiger partial charge on any atom is 0.278 e. The van der Waals surface area contributed by atoms with E-state index < -0.39 is 15.7 Å². The zero-order valence-electron chi connectivity index (χ0n) is 21.2. The molecule has 0 spiro atoms. The van der Waals surface area contributed by atoms with Gasteiger partial charge in [-0.05, 0) is 19.1 Å². The Morgan fingerprint density at radius 3 is 2.49 bits per heavy atom. The van der Waals surface area contributed by atoms with E-state index in [2.05, 4.69) is 20.3 Å². The summed E-state index contributed by atoms with van der Waals surface area (Å²) in [5.74, 6) is -0.335. The van der Waals surface area contributed by atoms with Gasteiger partial charge in [-0.2, -0.15) is 5.10 Å². The Hall–Kier alpha value is -2.87. The van der Waals surface area contributed by atoms with Crippen LogP contribution in [0.25, 0.3) is 0 Å². The number of carbonyl (C=O) groups excluding carboxylic acids is 2. The highest BCUT2D eigenvalue weighted by Crippen LogP contribution is 2.22. The van der Waals surface area contributed by atoms with Gasteiger partial charge in [-0.25, -0.2) is 13.4 Å². The largest absolute Gasteiger partial charge is 0.378 e. The third kappa shape index (κ3) is 7.12. The normalized spacial score (nSPS) is 19.6. The molecule has 2 aromatic rings. The highest BCUT2D eigenvalue weighted by molar-refractivity contribution is 7.90. The molecule has 1 aromatic carbocycles. The summed E-state index contributed by atoms with van der Waals surface area (Å²) in [4.78, 5) is 34.8. The zero-order valence-corrected chi connectivity index (χ0v) is 22.8. The standard InChI is InChI=1S/C24H32N6O5S2/c1-17-15-28(8-9-30(17)18(2)31)16-20-14-25-24(36-20)26-23(32)22(27-29-10-12-35-13-11-29)19-4-6-21(7-5-19)37(3,33)34/h4-7,14,17H,8-13,15-16H2,1-3H3,(H,25,26,32)/b27-22+/t17-/m0/s1. The maximum atomic E-state index is 13.3. The number of rotatable bonds is 7. The molecule has 2 amide bonds. The number of hydrogen-bond acceptors (Lipinski definition) is 10. The summed E-state index contributed by atoms with van der Waals surface area (Å²) in [6, 6.07) is 6.27. The van der Waals surface area contributed by atoms with Crippen molar-refractivity contribution >= 4 is 43.8 Å². The average Bonchev–Trinajstić information content (AvgIpc) is 3.29. The molecule has 0 radical (unpaired) electrons. The number of carbonyl (C=O) groups is 2. The number of benzene rings is 1. The van der Waals surface area contributed by atoms with E-state index in [1.54, 1.807) is 30.3 Å². The number of ether oxygens (including phenoxy) is 1. The van der Waals surface area contributed by atoms with Crippen LogP contribution < -0.4 is 5.32 Å². The van der Waals surface area contributed by atoms with Crippen LogP contribution in [0.3, 0.4) is 0 Å². The predicted molar refractivity (Wildman–Crippen MR) is 141 cm³/mol. The highest BCUT2D eigenvalue weighted by Gasteiger charge is 2.26. The summed E-state index contributed by atoms with van der Waals surface area (Å²) in [5, 5.41) is 9.65. The number of hydrogen-bond donors (Lipinski definition) is 1. The molecule has 2 fully saturated rings. The number of sulfone groups is 1. The van der Waals surface area contributed by atoms with Gasteiger partial charge < -0.3 is 9.64 Å². The van der Waals surface area contributed by atoms with Crippen LogP contribution in [-0.4, -0.2) is 104 Å². The Balaban J connectivity index is 1.46. The first kappa shape index (κ1) is 27.2. The monoisotopic (exact) mass is 548 g/mol. The van der Waals surface area contributed by atoms with Gasteiger partial charge in [0.1, 0.15) is 0 Å². The zero-order chi connectivity index (χ0) is 26.6. The smallest absolute Gasteiger partial charge is 0.278 e. The van der Waals surface area contributed by atoms with E-state index in [-0.39, 0.29) is 22.6 Å². The Kier molecular flexibility index (Phi) is 8.57. The second kappa shape index (κ2) is 11.7. The van der Waals surface area contributed by atoms with E-state index in [4.69, 9.17) is 4.74 Å². The average molecular weight is 549 g/mol. The van der Waals surface area contributed by atoms with Crippen LogP contribution >= 0.6 is 11.3 Å². The molecule has 0 saturated carbocycles. The molecule has 2 aliphatic heterocycles. The van der Waals surface area contributed by atoms with Crippen molar-refractivity contribution in [1.29, 1.82) is 0 Å². The summed E-state index contributed by atoms with van der Waals surface area (Å²) >= 11 is 1.39. The van der Waals surface area contributed by atoms with Crippen molar-refractivity contribution in [2.75, 3.05) is 57.5 Å². The van der Waals surface area contributed by atoms with Crippen LogP contribution in [0.1, 0.15) is 24.3 Å². The Morgan fingerprint density at radius 1 is 1.16 bits per heavy atom. The Labute approximate surface area is 221 Å². The number of piperazine rings is 1. The van der Waals surface area contributed by atoms with Crippen molar-refractivity contribution in [1.82, 2.24) is 19.8 Å². The number of anilines is 1. The SMILES string of the molecule is CC(=O)N1CCN(Cc2cnc(NC(=O)/C(=N/N3CCOCC3)c3ccc(S(C)(=O)=O)cc3)s2)C[C@@H]1C. The predicted octanol–water partition coefficient (Wildman–Crippen LogP) is 1.27. The lowest BCUT2D eigenvalue weighted by atomic mass is 10.1. The van der Waals surface area contributed by atoms with Gasteiger partial charge in [0.25, 0.3) is 5.91 Å². The lowest BCUT2D eigenvalue weighted by Gasteiger charge is -2.39. The molecule has 200 valence electrons. The van der Waals surface area contributed by atoms with Gasteiger partial charge in [-0.1, -0.05) is 12.1 Å². The molecule has 3 heterocycles. The van der Waals surface area contributed by atoms with Gasteiger partial charge >= 0.3 is 0 Å². The number of nitrogens with one attached hydrogen (secondary N) is 1. The molecule has 0 aliphatic carbocycles. The van der Waals surface area contributed by atoms with Gasteiger partial charge in [-0.3, -0.25) is 24.8 Å². The Bertz CT molecular complexity index is 1250. The number of thiazole rings is 1. The second-order valence-corrected chi connectivity index (χ2v) is 12.3. The summed E-state index contributed by atoms with van der Waals surface area (Å²) in [6.07, 6.45) is 2.89. The maximum absolute atomic E-state index is 13.3. The molecule has 0 bridgehead atoms. The number of amides is 2. The van der Waals surface area contributed by atoms with Crippen molar-refractivity contribution in [3.8, 4) is 0 Å². The van der Waals surface area contributed by atoms with Crippen molar-refractivity contribution in [2.45, 2.75) is 31.3 Å². The van der Waals surface area contributed by atoms with E-state index in [9.17, 15) is 18.0 Å². The molecule has 2 aliphatic rings. The van der Waals surface area contributed by atoms with E-state index in [0.717, 1.165) is 24.2 Å². The first-order chi connectivity index (χ1) is 17.6. The van der Waals surface area contributed by atoms with Crippen molar-refractivity contribution in [3.63, 3.8) is 0 Å². The number of hydrazone groups is 1. The van der Waals surface area contributed by atoms with Crippen LogP contribution in [0.2, 0.25) is 0 Å². The lowest BCUT2D eigenvalue weighted by Crippen LogP contribution is -2.52. The van der Waals surface area contributed by atoms with Crippen molar-refractivity contribution < 1.29 is 22.7 Å². The molecule has 37 heavy (non-hydrogen) atoms. The highest BCUT2D eigenvalue weighted by atomic mass is 32.2. The fourth-order valence-corrected chi connectivity index (χ4v) is 5.83. The first-order valence-corrected chi connectivity index (χ1v) is 14.8. The van der Waals surface area contributed by atoms with Gasteiger partial charge in [0.05, 0.1) is 31.2 Å². The van der Waals surface area contributed by atoms with Gasteiger partial charge in [0.15, 0.2) is 20.7 Å². The van der Waals surface area contributed by atoms with Crippen LogP contribution in [0.5, 0.6) is 0 Å². The minimum Gasteiger partial charge on any atom is -0.378 e. The fraction of sp³-hybridized carbons (Fsp3) is 0.500. The van der Waals surface area contributed by atoms with Crippen molar-refractivity contribution in [2.24, 2.45) is 5.10 Å². The summed E-state index contributed by atoms with van der Waals surface area (Å²) in [5.41, 5.74) is 0.679. The number of nitrogens with zero attached hydrogens (tertiary/aromatic N) is 5. The molecule has 1 N–H and O–H groups in total. The van der Waals surface area contributed by atoms with Crippen LogP contribution in [0.4, 0.5) is 5.13 Å². The minimum absolute atomic E-state index is 0.0930. The van der Waals surface area contributed by atoms with Gasteiger partial charge in [0.2, 0.25) is 5.91 Å². The molecule has 2 saturated heterocycles. The van der Waals surface area contributed by atoms with E-state index in [0.29, 0.717) is 50.1 Å². The molecule has 1 aromatic heterocycles. The van der Waals surface area contributed by atoms with Gasteiger partial charge in [0, 0.05) is 62.0 Å². The minimum atomic E-state index is -3.36. The molecule has 4 rings (SSSR count). The Morgan fingerprint density at radius 2 is 1.86 bits per heavy atom. The van der Waals surface area contributed by atoms with Crippen LogP contribution in [0.15, 0.2) is 40.5 Å². The lowest BCUT2D eigenvalue weighted by molar-refractivity contribution is -0.133.